The van der Waals surface area contributed by atoms with E-state index in [2.05, 4.69) is 15.0 Å². The summed E-state index contributed by atoms with van der Waals surface area (Å²) in [6, 6.07) is 1.34. The largest absolute Gasteiger partial charge is 0.480 e. The summed E-state index contributed by atoms with van der Waals surface area (Å²) in [4.78, 5) is 33.1. The number of nitro benzene ring substituents is 1. The second-order valence-corrected chi connectivity index (χ2v) is 10.9. The highest BCUT2D eigenvalue weighted by Crippen LogP contribution is 2.34. The zero-order valence-electron chi connectivity index (χ0n) is 19.8. The first-order valence-electron chi connectivity index (χ1n) is 11.2. The van der Waals surface area contributed by atoms with Crippen molar-refractivity contribution in [1.82, 2.24) is 23.8 Å². The Bertz CT molecular complexity index is 1520. The maximum absolute atomic E-state index is 13.5. The monoisotopic (exact) mass is 586 g/mol. The Hall–Kier alpha value is -3.52. The number of halogens is 1. The molecular formula is C20H23ClN8O9S. The number of anilines is 1. The molecular weight excluding hydrogens is 564 g/mol. The van der Waals surface area contributed by atoms with Gasteiger partial charge in [0.2, 0.25) is 10.0 Å². The van der Waals surface area contributed by atoms with E-state index in [4.69, 9.17) is 32.9 Å². The highest BCUT2D eigenvalue weighted by Gasteiger charge is 2.46. The Kier molecular flexibility index (Phi) is 7.98. The van der Waals surface area contributed by atoms with Crippen molar-refractivity contribution in [2.75, 3.05) is 18.8 Å². The van der Waals surface area contributed by atoms with Crippen LogP contribution in [0.3, 0.4) is 0 Å². The van der Waals surface area contributed by atoms with Crippen molar-refractivity contribution >= 4 is 50.3 Å². The number of rotatable bonds is 10. The van der Waals surface area contributed by atoms with Gasteiger partial charge in [0, 0.05) is 19.2 Å². The zero-order chi connectivity index (χ0) is 28.6. The molecule has 0 unspecified atom stereocenters. The first-order chi connectivity index (χ1) is 18.3. The number of nitrogens with two attached hydrogens (primary N) is 2. The van der Waals surface area contributed by atoms with E-state index in [1.165, 1.54) is 17.2 Å². The number of fused-ring (bicyclic) bond motifs is 1. The zero-order valence-corrected chi connectivity index (χ0v) is 21.4. The van der Waals surface area contributed by atoms with Crippen molar-refractivity contribution in [3.8, 4) is 0 Å². The number of sulfonamides is 1. The molecule has 0 saturated carbocycles. The van der Waals surface area contributed by atoms with Gasteiger partial charge < -0.3 is 31.5 Å². The lowest BCUT2D eigenvalue weighted by Crippen LogP contribution is -2.45. The number of benzene rings is 1. The Balaban J connectivity index is 1.64. The molecule has 17 nitrogen and oxygen atoms in total. The van der Waals surface area contributed by atoms with Gasteiger partial charge >= 0.3 is 5.97 Å². The number of imidazole rings is 1. The second kappa shape index (κ2) is 10.9. The standard InChI is InChI=1S/C20H23ClN8O9S/c21-10-5-9(1-2-12(10)29(34)35)39(36,37)27(4-3-11(22)20(32)33)6-13-15(30)16(31)19(38-13)28-8-26-14-17(23)24-7-25-18(14)28/h1-2,5,7-8,11,13,15-16,19,30-31H,3-4,6,22H2,(H,32,33)(H2,23,24,25)/t11-,13+,15+,16+,19+/m0/s1. The maximum atomic E-state index is 13.5. The summed E-state index contributed by atoms with van der Waals surface area (Å²) in [5.74, 6) is -1.30. The van der Waals surface area contributed by atoms with Gasteiger partial charge in [0.15, 0.2) is 17.7 Å². The first-order valence-corrected chi connectivity index (χ1v) is 13.0. The van der Waals surface area contributed by atoms with E-state index in [0.717, 1.165) is 22.5 Å². The van der Waals surface area contributed by atoms with Crippen LogP contribution in [0.1, 0.15) is 12.6 Å². The molecule has 39 heavy (non-hydrogen) atoms. The number of carboxylic acid groups (broad SMARTS) is 1. The van der Waals surface area contributed by atoms with Crippen LogP contribution in [0.25, 0.3) is 11.2 Å². The molecule has 0 aliphatic carbocycles. The molecule has 5 atom stereocenters. The highest BCUT2D eigenvalue weighted by molar-refractivity contribution is 7.89. The number of nitrogen functional groups attached to an aromatic ring is 1. The van der Waals surface area contributed by atoms with Gasteiger partial charge in [-0.15, -0.1) is 0 Å². The molecule has 1 aromatic carbocycles. The number of carboxylic acids is 1. The van der Waals surface area contributed by atoms with Gasteiger partial charge in [0.25, 0.3) is 5.69 Å². The number of nitro groups is 1. The topological polar surface area (TPSA) is 263 Å². The third-order valence-electron chi connectivity index (χ3n) is 6.14. The molecule has 7 N–H and O–H groups in total. The molecule has 3 aromatic rings. The number of aliphatic carboxylic acids is 1. The lowest BCUT2D eigenvalue weighted by Gasteiger charge is -2.27. The van der Waals surface area contributed by atoms with Crippen LogP contribution in [-0.4, -0.2) is 95.9 Å². The lowest BCUT2D eigenvalue weighted by atomic mass is 10.1. The van der Waals surface area contributed by atoms with E-state index >= 15 is 0 Å². The number of carbonyl (C=O) groups is 1. The minimum atomic E-state index is -4.48. The van der Waals surface area contributed by atoms with Crippen LogP contribution < -0.4 is 11.5 Å². The van der Waals surface area contributed by atoms with Gasteiger partial charge in [-0.3, -0.25) is 19.5 Å². The summed E-state index contributed by atoms with van der Waals surface area (Å²) < 4.78 is 34.9. The Morgan fingerprint density at radius 3 is 2.64 bits per heavy atom. The number of hydrogen-bond donors (Lipinski definition) is 5. The number of hydrogen-bond acceptors (Lipinski definition) is 13. The van der Waals surface area contributed by atoms with Crippen molar-refractivity contribution in [1.29, 1.82) is 0 Å². The summed E-state index contributed by atoms with van der Waals surface area (Å²) in [6.07, 6.45) is -3.61. The molecule has 1 aliphatic rings. The second-order valence-electron chi connectivity index (χ2n) is 8.60. The van der Waals surface area contributed by atoms with Crippen LogP contribution in [0.5, 0.6) is 0 Å². The fraction of sp³-hybridized carbons (Fsp3) is 0.400. The quantitative estimate of drug-likeness (QED) is 0.142. The van der Waals surface area contributed by atoms with Crippen LogP contribution in [-0.2, 0) is 19.6 Å². The van der Waals surface area contributed by atoms with Gasteiger partial charge in [0.1, 0.15) is 41.2 Å². The van der Waals surface area contributed by atoms with E-state index in [1.54, 1.807) is 0 Å². The minimum Gasteiger partial charge on any atom is -0.480 e. The molecule has 0 bridgehead atoms. The van der Waals surface area contributed by atoms with Crippen LogP contribution >= 0.6 is 11.6 Å². The number of aliphatic hydroxyl groups is 2. The van der Waals surface area contributed by atoms with Crippen LogP contribution in [0.2, 0.25) is 5.02 Å². The Labute approximate surface area is 224 Å². The average molecular weight is 587 g/mol. The van der Waals surface area contributed by atoms with Crippen molar-refractivity contribution < 1.29 is 38.2 Å². The van der Waals surface area contributed by atoms with E-state index in [0.29, 0.717) is 0 Å². The van der Waals surface area contributed by atoms with Crippen molar-refractivity contribution in [3.05, 3.63) is 46.0 Å². The van der Waals surface area contributed by atoms with Gasteiger partial charge in [-0.25, -0.2) is 23.4 Å². The molecule has 1 saturated heterocycles. The number of aromatic nitrogens is 4. The highest BCUT2D eigenvalue weighted by atomic mass is 35.5. The normalized spacial score (nSPS) is 22.4. The Morgan fingerprint density at radius 2 is 2.00 bits per heavy atom. The van der Waals surface area contributed by atoms with Crippen molar-refractivity contribution in [2.45, 2.75) is 41.9 Å². The maximum Gasteiger partial charge on any atom is 0.320 e. The van der Waals surface area contributed by atoms with Crippen molar-refractivity contribution in [2.24, 2.45) is 5.73 Å². The van der Waals surface area contributed by atoms with Gasteiger partial charge in [-0.2, -0.15) is 4.31 Å². The molecule has 0 amide bonds. The fourth-order valence-corrected chi connectivity index (χ4v) is 5.84. The number of aliphatic hydroxyl groups excluding tert-OH is 2. The average Bonchev–Trinajstić information content (AvgIpc) is 3.43. The SMILES string of the molecule is Nc1ncnc2c1ncn2[C@@H]1O[C@H](CN(CC[C@H](N)C(=O)O)S(=O)(=O)c2ccc([N+](=O)[O-])c(Cl)c2)[C@@H](O)[C@H]1O. The first kappa shape index (κ1) is 28.5. The minimum absolute atomic E-state index is 0.0668. The van der Waals surface area contributed by atoms with Gasteiger partial charge in [-0.05, 0) is 18.6 Å². The number of nitrogens with zero attached hydrogens (tertiary/aromatic N) is 6. The van der Waals surface area contributed by atoms with Crippen molar-refractivity contribution in [3.63, 3.8) is 0 Å². The molecule has 0 spiro atoms. The molecule has 1 aliphatic heterocycles. The fourth-order valence-electron chi connectivity index (χ4n) is 4.03. The summed E-state index contributed by atoms with van der Waals surface area (Å²) in [5.41, 5.74) is 11.2. The Morgan fingerprint density at radius 1 is 1.28 bits per heavy atom. The van der Waals surface area contributed by atoms with Gasteiger partial charge in [-0.1, -0.05) is 11.6 Å². The summed E-state index contributed by atoms with van der Waals surface area (Å²) >= 11 is 5.90. The summed E-state index contributed by atoms with van der Waals surface area (Å²) in [6.45, 7) is -0.989. The smallest absolute Gasteiger partial charge is 0.320 e. The third kappa shape index (κ3) is 5.48. The number of ether oxygens (including phenoxy) is 1. The molecule has 1 fully saturated rings. The summed E-state index contributed by atoms with van der Waals surface area (Å²) in [7, 11) is -4.48. The predicted octanol–water partition coefficient (Wildman–Crippen LogP) is -0.918. The van der Waals surface area contributed by atoms with E-state index in [-0.39, 0.29) is 23.4 Å². The third-order valence-corrected chi connectivity index (χ3v) is 8.31. The van der Waals surface area contributed by atoms with E-state index < -0.39 is 80.2 Å². The van der Waals surface area contributed by atoms with Gasteiger partial charge in [0.05, 0.1) is 16.1 Å². The molecule has 3 heterocycles. The van der Waals surface area contributed by atoms with Crippen LogP contribution in [0.4, 0.5) is 11.5 Å². The van der Waals surface area contributed by atoms with Crippen LogP contribution in [0.15, 0.2) is 35.7 Å². The van der Waals surface area contributed by atoms with E-state index in [1.807, 2.05) is 0 Å². The molecule has 4 rings (SSSR count). The molecule has 2 aromatic heterocycles. The molecule has 210 valence electrons. The molecule has 0 radical (unpaired) electrons. The molecule has 19 heteroatoms. The predicted molar refractivity (Wildman–Crippen MR) is 133 cm³/mol. The summed E-state index contributed by atoms with van der Waals surface area (Å²) in [5, 5.41) is 41.3. The van der Waals surface area contributed by atoms with E-state index in [9.17, 15) is 33.5 Å². The van der Waals surface area contributed by atoms with Crippen LogP contribution in [0, 0.1) is 10.1 Å². The lowest BCUT2D eigenvalue weighted by molar-refractivity contribution is -0.384.